The van der Waals surface area contributed by atoms with Crippen LogP contribution in [-0.4, -0.2) is 12.1 Å². The van der Waals surface area contributed by atoms with Gasteiger partial charge in [-0.15, -0.1) is 0 Å². The van der Waals surface area contributed by atoms with Gasteiger partial charge in [0.25, 0.3) is 0 Å². The normalized spacial score (nSPS) is 12.5. The maximum atomic E-state index is 11.7. The summed E-state index contributed by atoms with van der Waals surface area (Å²) in [4.78, 5) is 11.7. The predicted molar refractivity (Wildman–Crippen MR) is 74.9 cm³/mol. The maximum absolute atomic E-state index is 11.7. The molecule has 1 aromatic rings. The third-order valence-electron chi connectivity index (χ3n) is 2.74. The van der Waals surface area contributed by atoms with Crippen LogP contribution in [0.1, 0.15) is 51.5 Å². The van der Waals surface area contributed by atoms with E-state index in [4.69, 9.17) is 16.3 Å². The maximum Gasteiger partial charge on any atom is 0.306 e. The smallest absolute Gasteiger partial charge is 0.306 e. The number of ether oxygens (including phenoxy) is 1. The minimum absolute atomic E-state index is 0.0564. The molecule has 1 rings (SSSR count). The second kappa shape index (κ2) is 7.42. The van der Waals surface area contributed by atoms with E-state index in [9.17, 15) is 4.79 Å². The Balaban J connectivity index is 2.73. The Bertz CT molecular complexity index is 388. The highest BCUT2D eigenvalue weighted by molar-refractivity contribution is 6.30. The molecule has 0 fully saturated rings. The van der Waals surface area contributed by atoms with E-state index >= 15 is 0 Å². The van der Waals surface area contributed by atoms with Gasteiger partial charge in [0, 0.05) is 5.02 Å². The molecule has 100 valence electrons. The molecule has 0 aliphatic rings. The fourth-order valence-electron chi connectivity index (χ4n) is 2.01. The topological polar surface area (TPSA) is 26.3 Å². The molecule has 18 heavy (non-hydrogen) atoms. The van der Waals surface area contributed by atoms with Gasteiger partial charge in [0.2, 0.25) is 0 Å². The fourth-order valence-corrected chi connectivity index (χ4v) is 2.21. The third-order valence-corrected chi connectivity index (χ3v) is 2.97. The number of carbonyl (C=O) groups excluding carboxylic acids is 1. The van der Waals surface area contributed by atoms with E-state index in [2.05, 4.69) is 6.92 Å². The van der Waals surface area contributed by atoms with Gasteiger partial charge in [-0.25, -0.2) is 0 Å². The van der Waals surface area contributed by atoms with Crippen LogP contribution in [0.25, 0.3) is 0 Å². The molecular formula is C15H21ClO2. The van der Waals surface area contributed by atoms with Crippen LogP contribution in [0.15, 0.2) is 24.3 Å². The van der Waals surface area contributed by atoms with E-state index in [1.54, 1.807) is 0 Å². The molecular weight excluding hydrogens is 248 g/mol. The van der Waals surface area contributed by atoms with Gasteiger partial charge >= 0.3 is 5.97 Å². The lowest BCUT2D eigenvalue weighted by Crippen LogP contribution is -2.15. The van der Waals surface area contributed by atoms with Crippen LogP contribution in [0.4, 0.5) is 0 Å². The van der Waals surface area contributed by atoms with Crippen molar-refractivity contribution in [2.24, 2.45) is 0 Å². The summed E-state index contributed by atoms with van der Waals surface area (Å²) >= 11 is 5.99. The Labute approximate surface area is 114 Å². The average Bonchev–Trinajstić information content (AvgIpc) is 2.27. The van der Waals surface area contributed by atoms with Gasteiger partial charge in [0.15, 0.2) is 0 Å². The van der Waals surface area contributed by atoms with Gasteiger partial charge in [0.05, 0.1) is 12.5 Å². The number of halogens is 1. The molecule has 1 aromatic carbocycles. The highest BCUT2D eigenvalue weighted by Crippen LogP contribution is 2.27. The van der Waals surface area contributed by atoms with E-state index in [1.807, 2.05) is 38.1 Å². The van der Waals surface area contributed by atoms with Crippen LogP contribution in [0.3, 0.4) is 0 Å². The second-order valence-corrected chi connectivity index (χ2v) is 5.22. The zero-order valence-corrected chi connectivity index (χ0v) is 12.0. The Morgan fingerprint density at radius 3 is 2.67 bits per heavy atom. The molecule has 0 aliphatic carbocycles. The Hall–Kier alpha value is -1.02. The van der Waals surface area contributed by atoms with Gasteiger partial charge in [-0.05, 0) is 43.9 Å². The molecule has 0 aromatic heterocycles. The second-order valence-electron chi connectivity index (χ2n) is 4.78. The summed E-state index contributed by atoms with van der Waals surface area (Å²) in [5, 5.41) is 0.714. The molecule has 0 bridgehead atoms. The number of hydrogen-bond acceptors (Lipinski definition) is 2. The summed E-state index contributed by atoms with van der Waals surface area (Å²) in [5.41, 5.74) is 1.12. The highest BCUT2D eigenvalue weighted by atomic mass is 35.5. The molecule has 0 radical (unpaired) electrons. The van der Waals surface area contributed by atoms with Crippen molar-refractivity contribution in [3.63, 3.8) is 0 Å². The number of esters is 1. The monoisotopic (exact) mass is 268 g/mol. The molecule has 0 amide bonds. The minimum atomic E-state index is -0.136. The van der Waals surface area contributed by atoms with Crippen molar-refractivity contribution >= 4 is 17.6 Å². The zero-order valence-electron chi connectivity index (χ0n) is 11.3. The fraction of sp³-hybridized carbons (Fsp3) is 0.533. The molecule has 0 saturated carbocycles. The van der Waals surface area contributed by atoms with Crippen molar-refractivity contribution in [3.05, 3.63) is 34.9 Å². The number of carbonyl (C=O) groups is 1. The number of hydrogen-bond donors (Lipinski definition) is 0. The van der Waals surface area contributed by atoms with Crippen molar-refractivity contribution in [3.8, 4) is 0 Å². The molecule has 0 N–H and O–H groups in total. The van der Waals surface area contributed by atoms with Gasteiger partial charge < -0.3 is 4.74 Å². The average molecular weight is 269 g/mol. The van der Waals surface area contributed by atoms with Crippen LogP contribution in [0.2, 0.25) is 5.02 Å². The summed E-state index contributed by atoms with van der Waals surface area (Å²) in [6.07, 6.45) is 2.37. The van der Waals surface area contributed by atoms with Gasteiger partial charge in [-0.3, -0.25) is 4.79 Å². The van der Waals surface area contributed by atoms with Gasteiger partial charge in [-0.1, -0.05) is 37.1 Å². The summed E-state index contributed by atoms with van der Waals surface area (Å²) in [5.74, 6) is 0.0587. The van der Waals surface area contributed by atoms with E-state index in [0.717, 1.165) is 18.4 Å². The lowest BCUT2D eigenvalue weighted by molar-refractivity contribution is -0.147. The zero-order chi connectivity index (χ0) is 13.5. The first kappa shape index (κ1) is 15.0. The Morgan fingerprint density at radius 2 is 2.11 bits per heavy atom. The first-order valence-corrected chi connectivity index (χ1v) is 6.85. The van der Waals surface area contributed by atoms with Gasteiger partial charge in [0.1, 0.15) is 0 Å². The quantitative estimate of drug-likeness (QED) is 0.707. The van der Waals surface area contributed by atoms with Crippen molar-refractivity contribution in [2.45, 2.75) is 52.1 Å². The van der Waals surface area contributed by atoms with E-state index in [-0.39, 0.29) is 18.0 Å². The Morgan fingerprint density at radius 1 is 1.39 bits per heavy atom. The summed E-state index contributed by atoms with van der Waals surface area (Å²) in [7, 11) is 0. The van der Waals surface area contributed by atoms with Crippen LogP contribution in [0.5, 0.6) is 0 Å². The molecule has 0 heterocycles. The largest absolute Gasteiger partial charge is 0.463 e. The lowest BCUT2D eigenvalue weighted by Gasteiger charge is -2.17. The number of rotatable bonds is 6. The van der Waals surface area contributed by atoms with Gasteiger partial charge in [-0.2, -0.15) is 0 Å². The first-order valence-electron chi connectivity index (χ1n) is 6.47. The molecule has 0 saturated heterocycles. The first-order chi connectivity index (χ1) is 8.52. The van der Waals surface area contributed by atoms with Crippen molar-refractivity contribution < 1.29 is 9.53 Å². The summed E-state index contributed by atoms with van der Waals surface area (Å²) < 4.78 is 5.21. The standard InChI is InChI=1S/C15H21ClO2/c1-4-6-12(10-15(17)18-11(2)3)13-7-5-8-14(16)9-13/h5,7-9,11-12H,4,6,10H2,1-3H3/t12-/m0/s1. The third kappa shape index (κ3) is 5.09. The van der Waals surface area contributed by atoms with Crippen LogP contribution < -0.4 is 0 Å². The van der Waals surface area contributed by atoms with Crippen molar-refractivity contribution in [1.82, 2.24) is 0 Å². The summed E-state index contributed by atoms with van der Waals surface area (Å²) in [6, 6.07) is 7.73. The Kier molecular flexibility index (Phi) is 6.20. The van der Waals surface area contributed by atoms with Crippen molar-refractivity contribution in [2.75, 3.05) is 0 Å². The predicted octanol–water partition coefficient (Wildman–Crippen LogP) is 4.57. The van der Waals surface area contributed by atoms with E-state index in [0.29, 0.717) is 11.4 Å². The lowest BCUT2D eigenvalue weighted by atomic mass is 9.91. The molecule has 2 nitrogen and oxygen atoms in total. The molecule has 0 aliphatic heterocycles. The van der Waals surface area contributed by atoms with Crippen LogP contribution in [0, 0.1) is 0 Å². The highest BCUT2D eigenvalue weighted by Gasteiger charge is 2.17. The molecule has 3 heteroatoms. The van der Waals surface area contributed by atoms with E-state index in [1.165, 1.54) is 0 Å². The molecule has 0 spiro atoms. The van der Waals surface area contributed by atoms with Crippen LogP contribution >= 0.6 is 11.6 Å². The minimum Gasteiger partial charge on any atom is -0.463 e. The molecule has 1 atom stereocenters. The van der Waals surface area contributed by atoms with E-state index < -0.39 is 0 Å². The molecule has 0 unspecified atom stereocenters. The summed E-state index contributed by atoms with van der Waals surface area (Å²) in [6.45, 7) is 5.85. The number of benzene rings is 1. The van der Waals surface area contributed by atoms with Crippen LogP contribution in [-0.2, 0) is 9.53 Å². The SMILES string of the molecule is CCC[C@@H](CC(=O)OC(C)C)c1cccc(Cl)c1. The van der Waals surface area contributed by atoms with Crippen molar-refractivity contribution in [1.29, 1.82) is 0 Å².